The van der Waals surface area contributed by atoms with Crippen LogP contribution < -0.4 is 10.1 Å². The molecule has 1 unspecified atom stereocenters. The largest absolute Gasteiger partial charge is 0.496 e. The van der Waals surface area contributed by atoms with Gasteiger partial charge >= 0.3 is 0 Å². The van der Waals surface area contributed by atoms with Gasteiger partial charge in [-0.1, -0.05) is 43.3 Å². The zero-order chi connectivity index (χ0) is 14.9. The molecule has 3 heteroatoms. The number of nitrogens with one attached hydrogen (secondary N) is 1. The van der Waals surface area contributed by atoms with Gasteiger partial charge in [0.15, 0.2) is 0 Å². The number of hydrogen-bond donors (Lipinski definition) is 1. The van der Waals surface area contributed by atoms with Gasteiger partial charge in [-0.05, 0) is 31.2 Å². The van der Waals surface area contributed by atoms with E-state index in [1.807, 2.05) is 23.9 Å². The summed E-state index contributed by atoms with van der Waals surface area (Å²) in [5.41, 5.74) is 1.23. The maximum Gasteiger partial charge on any atom is 0.123 e. The molecule has 112 valence electrons. The van der Waals surface area contributed by atoms with Gasteiger partial charge in [0.05, 0.1) is 7.11 Å². The fraction of sp³-hybridized carbons (Fsp3) is 0.333. The van der Waals surface area contributed by atoms with Gasteiger partial charge in [0, 0.05) is 22.3 Å². The summed E-state index contributed by atoms with van der Waals surface area (Å²) in [5.74, 6) is 1.95. The quantitative estimate of drug-likeness (QED) is 0.724. The molecule has 0 aromatic heterocycles. The van der Waals surface area contributed by atoms with Gasteiger partial charge in [-0.25, -0.2) is 0 Å². The summed E-state index contributed by atoms with van der Waals surface area (Å²) >= 11 is 1.87. The second-order valence-corrected chi connectivity index (χ2v) is 5.97. The topological polar surface area (TPSA) is 21.3 Å². The lowest BCUT2D eigenvalue weighted by Crippen LogP contribution is -2.24. The van der Waals surface area contributed by atoms with Gasteiger partial charge in [0.1, 0.15) is 5.75 Å². The number of hydrogen-bond acceptors (Lipinski definition) is 3. The van der Waals surface area contributed by atoms with E-state index in [4.69, 9.17) is 4.74 Å². The molecular weight excluding hydrogens is 278 g/mol. The molecule has 2 rings (SSSR count). The Morgan fingerprint density at radius 3 is 2.48 bits per heavy atom. The molecule has 0 aliphatic carbocycles. The zero-order valence-electron chi connectivity index (χ0n) is 12.7. The Bertz CT molecular complexity index is 530. The fourth-order valence-corrected chi connectivity index (χ4v) is 3.23. The average Bonchev–Trinajstić information content (AvgIpc) is 2.56. The zero-order valence-corrected chi connectivity index (χ0v) is 13.5. The van der Waals surface area contributed by atoms with E-state index in [1.54, 1.807) is 7.11 Å². The third-order valence-electron chi connectivity index (χ3n) is 3.31. The van der Waals surface area contributed by atoms with Gasteiger partial charge in [0.25, 0.3) is 0 Å². The monoisotopic (exact) mass is 301 g/mol. The van der Waals surface area contributed by atoms with Crippen molar-refractivity contribution < 1.29 is 4.74 Å². The Labute approximate surface area is 131 Å². The summed E-state index contributed by atoms with van der Waals surface area (Å²) in [5, 5.41) is 3.63. The SMILES string of the molecule is CCCNC(CSc1ccccc1)c1ccccc1OC. The molecule has 2 aromatic rings. The molecule has 0 fully saturated rings. The first-order valence-electron chi connectivity index (χ1n) is 7.39. The van der Waals surface area contributed by atoms with E-state index < -0.39 is 0 Å². The first kappa shape index (κ1) is 15.9. The van der Waals surface area contributed by atoms with Crippen LogP contribution in [0, 0.1) is 0 Å². The summed E-state index contributed by atoms with van der Waals surface area (Å²) in [7, 11) is 1.74. The Hall–Kier alpha value is -1.45. The Morgan fingerprint density at radius 2 is 1.76 bits per heavy atom. The van der Waals surface area contributed by atoms with Crippen molar-refractivity contribution in [3.63, 3.8) is 0 Å². The molecule has 0 bridgehead atoms. The summed E-state index contributed by atoms with van der Waals surface area (Å²) in [6.07, 6.45) is 1.13. The summed E-state index contributed by atoms with van der Waals surface area (Å²) in [6, 6.07) is 19.1. The number of rotatable bonds is 8. The normalized spacial score (nSPS) is 12.1. The van der Waals surface area contributed by atoms with Crippen LogP contribution in [0.1, 0.15) is 24.9 Å². The van der Waals surface area contributed by atoms with Gasteiger partial charge < -0.3 is 10.1 Å². The number of thioether (sulfide) groups is 1. The van der Waals surface area contributed by atoms with E-state index in [0.717, 1.165) is 24.5 Å². The minimum absolute atomic E-state index is 0.298. The van der Waals surface area contributed by atoms with Crippen LogP contribution in [0.25, 0.3) is 0 Å². The van der Waals surface area contributed by atoms with Crippen molar-refractivity contribution in [2.24, 2.45) is 0 Å². The van der Waals surface area contributed by atoms with E-state index in [0.29, 0.717) is 6.04 Å². The molecular formula is C18H23NOS. The molecule has 0 aliphatic rings. The molecule has 0 radical (unpaired) electrons. The molecule has 2 nitrogen and oxygen atoms in total. The van der Waals surface area contributed by atoms with Gasteiger partial charge in [0.2, 0.25) is 0 Å². The summed E-state index contributed by atoms with van der Waals surface area (Å²) in [6.45, 7) is 3.20. The molecule has 0 aliphatic heterocycles. The summed E-state index contributed by atoms with van der Waals surface area (Å²) < 4.78 is 5.51. The smallest absolute Gasteiger partial charge is 0.123 e. The lowest BCUT2D eigenvalue weighted by molar-refractivity contribution is 0.402. The third-order valence-corrected chi connectivity index (χ3v) is 4.42. The standard InChI is InChI=1S/C18H23NOS/c1-3-13-19-17(14-21-15-9-5-4-6-10-15)16-11-7-8-12-18(16)20-2/h4-12,17,19H,3,13-14H2,1-2H3. The molecule has 21 heavy (non-hydrogen) atoms. The lowest BCUT2D eigenvalue weighted by Gasteiger charge is -2.21. The first-order chi connectivity index (χ1) is 10.3. The summed E-state index contributed by atoms with van der Waals surface area (Å²) in [4.78, 5) is 1.30. The van der Waals surface area contributed by atoms with Crippen LogP contribution >= 0.6 is 11.8 Å². The minimum Gasteiger partial charge on any atom is -0.496 e. The van der Waals surface area contributed by atoms with E-state index in [9.17, 15) is 0 Å². The predicted molar refractivity (Wildman–Crippen MR) is 91.2 cm³/mol. The Balaban J connectivity index is 2.10. The van der Waals surface area contributed by atoms with Crippen molar-refractivity contribution >= 4 is 11.8 Å². The second-order valence-electron chi connectivity index (χ2n) is 4.87. The van der Waals surface area contributed by atoms with Gasteiger partial charge in [-0.15, -0.1) is 11.8 Å². The van der Waals surface area contributed by atoms with Crippen LogP contribution in [-0.2, 0) is 0 Å². The van der Waals surface area contributed by atoms with Gasteiger partial charge in [-0.2, -0.15) is 0 Å². The number of ether oxygens (including phenoxy) is 1. The van der Waals surface area contributed by atoms with Crippen LogP contribution in [-0.4, -0.2) is 19.4 Å². The highest BCUT2D eigenvalue weighted by atomic mass is 32.2. The average molecular weight is 301 g/mol. The number of para-hydroxylation sites is 1. The third kappa shape index (κ3) is 4.80. The van der Waals surface area contributed by atoms with Crippen LogP contribution in [0.15, 0.2) is 59.5 Å². The molecule has 0 heterocycles. The van der Waals surface area contributed by atoms with Crippen LogP contribution in [0.3, 0.4) is 0 Å². The van der Waals surface area contributed by atoms with E-state index in [2.05, 4.69) is 54.7 Å². The van der Waals surface area contributed by atoms with Crippen LogP contribution in [0.4, 0.5) is 0 Å². The van der Waals surface area contributed by atoms with E-state index in [-0.39, 0.29) is 0 Å². The van der Waals surface area contributed by atoms with Crippen molar-refractivity contribution in [1.82, 2.24) is 5.32 Å². The van der Waals surface area contributed by atoms with Crippen molar-refractivity contribution in [1.29, 1.82) is 0 Å². The highest BCUT2D eigenvalue weighted by Gasteiger charge is 2.15. The number of methoxy groups -OCH3 is 1. The first-order valence-corrected chi connectivity index (χ1v) is 8.38. The van der Waals surface area contributed by atoms with Crippen molar-refractivity contribution in [3.8, 4) is 5.75 Å². The van der Waals surface area contributed by atoms with E-state index in [1.165, 1.54) is 10.5 Å². The van der Waals surface area contributed by atoms with Gasteiger partial charge in [-0.3, -0.25) is 0 Å². The maximum absolute atomic E-state index is 5.51. The molecule has 0 saturated heterocycles. The Kier molecular flexibility index (Phi) is 6.64. The molecule has 0 amide bonds. The Morgan fingerprint density at radius 1 is 1.05 bits per heavy atom. The fourth-order valence-electron chi connectivity index (χ4n) is 2.23. The predicted octanol–water partition coefficient (Wildman–Crippen LogP) is 4.53. The highest BCUT2D eigenvalue weighted by molar-refractivity contribution is 7.99. The highest BCUT2D eigenvalue weighted by Crippen LogP contribution is 2.30. The maximum atomic E-state index is 5.51. The van der Waals surface area contributed by atoms with Crippen LogP contribution in [0.5, 0.6) is 5.75 Å². The molecule has 1 atom stereocenters. The van der Waals surface area contributed by atoms with Crippen molar-refractivity contribution in [2.75, 3.05) is 19.4 Å². The van der Waals surface area contributed by atoms with Crippen molar-refractivity contribution in [2.45, 2.75) is 24.3 Å². The molecule has 0 saturated carbocycles. The number of benzene rings is 2. The molecule has 2 aromatic carbocycles. The molecule has 1 N–H and O–H groups in total. The lowest BCUT2D eigenvalue weighted by atomic mass is 10.1. The van der Waals surface area contributed by atoms with Crippen molar-refractivity contribution in [3.05, 3.63) is 60.2 Å². The minimum atomic E-state index is 0.298. The second kappa shape index (κ2) is 8.75. The van der Waals surface area contributed by atoms with E-state index >= 15 is 0 Å². The van der Waals surface area contributed by atoms with Crippen LogP contribution in [0.2, 0.25) is 0 Å². The molecule has 0 spiro atoms.